The molecule has 2 heterocycles. The van der Waals surface area contributed by atoms with E-state index in [0.717, 1.165) is 44.5 Å². The maximum absolute atomic E-state index is 12.9. The van der Waals surface area contributed by atoms with Crippen LogP contribution in [0.4, 0.5) is 19.0 Å². The SMILES string of the molecule is CC(C)(C(=N)N(C#N)C1C2CC3CC1CC(CN)(C3)C2)N1CCN(c2ccc(C(F)(F)F)cn2)CC1. The van der Waals surface area contributed by atoms with Crippen molar-refractivity contribution < 1.29 is 13.2 Å². The Morgan fingerprint density at radius 3 is 2.31 bits per heavy atom. The summed E-state index contributed by atoms with van der Waals surface area (Å²) >= 11 is 0. The number of rotatable bonds is 5. The molecule has 1 aromatic heterocycles. The van der Waals surface area contributed by atoms with Crippen LogP contribution in [0.3, 0.4) is 0 Å². The molecule has 4 aliphatic carbocycles. The molecule has 4 bridgehead atoms. The van der Waals surface area contributed by atoms with Crippen molar-refractivity contribution in [2.24, 2.45) is 28.9 Å². The van der Waals surface area contributed by atoms with Crippen LogP contribution < -0.4 is 10.6 Å². The lowest BCUT2D eigenvalue weighted by molar-refractivity contribution is -0.137. The number of halogens is 3. The lowest BCUT2D eigenvalue weighted by Crippen LogP contribution is -2.65. The molecular formula is C26H36F3N7. The molecule has 10 heteroatoms. The van der Waals surface area contributed by atoms with E-state index >= 15 is 0 Å². The molecule has 2 atom stereocenters. The van der Waals surface area contributed by atoms with Crippen molar-refractivity contribution in [2.75, 3.05) is 37.6 Å². The Balaban J connectivity index is 1.25. The highest BCUT2D eigenvalue weighted by atomic mass is 19.4. The standard InChI is InChI=1S/C26H36F3N7/c1-24(2,35-7-5-34(6-8-35)21-4-3-20(14-33-21)26(27,28)29)23(32)36(16-31)22-18-9-17-10-19(22)13-25(11-17,12-18)15-30/h3-4,14,17-19,22,32H,5-13,15,30H2,1-2H3. The van der Waals surface area contributed by atoms with Gasteiger partial charge < -0.3 is 10.6 Å². The Hall–Kier alpha value is -2.38. The van der Waals surface area contributed by atoms with E-state index in [4.69, 9.17) is 11.1 Å². The van der Waals surface area contributed by atoms with Gasteiger partial charge in [0.15, 0.2) is 6.19 Å². The van der Waals surface area contributed by atoms with Crippen molar-refractivity contribution >= 4 is 11.7 Å². The number of nitriles is 1. The average Bonchev–Trinajstić information content (AvgIpc) is 2.85. The number of aromatic nitrogens is 1. The molecule has 0 aromatic carbocycles. The first-order valence-electron chi connectivity index (χ1n) is 13.0. The van der Waals surface area contributed by atoms with Crippen LogP contribution in [0, 0.1) is 40.0 Å². The monoisotopic (exact) mass is 503 g/mol. The third kappa shape index (κ3) is 4.24. The van der Waals surface area contributed by atoms with Gasteiger partial charge in [0, 0.05) is 32.4 Å². The predicted molar refractivity (Wildman–Crippen MR) is 131 cm³/mol. The molecule has 3 N–H and O–H groups in total. The maximum atomic E-state index is 12.9. The second-order valence-electron chi connectivity index (χ2n) is 11.9. The summed E-state index contributed by atoms with van der Waals surface area (Å²) in [6.45, 7) is 7.18. The number of hydrogen-bond acceptors (Lipinski definition) is 6. The van der Waals surface area contributed by atoms with Gasteiger partial charge in [0.25, 0.3) is 0 Å². The summed E-state index contributed by atoms with van der Waals surface area (Å²) < 4.78 is 38.6. The van der Waals surface area contributed by atoms with Gasteiger partial charge in [0.1, 0.15) is 11.7 Å². The summed E-state index contributed by atoms with van der Waals surface area (Å²) in [5.74, 6) is 2.40. The van der Waals surface area contributed by atoms with Crippen LogP contribution >= 0.6 is 0 Å². The Morgan fingerprint density at radius 1 is 1.17 bits per heavy atom. The van der Waals surface area contributed by atoms with Crippen LogP contribution in [0.5, 0.6) is 0 Å². The highest BCUT2D eigenvalue weighted by Gasteiger charge is 2.57. The first-order valence-corrected chi connectivity index (χ1v) is 13.0. The lowest BCUT2D eigenvalue weighted by atomic mass is 9.47. The van der Waals surface area contributed by atoms with Gasteiger partial charge in [-0.25, -0.2) is 4.98 Å². The lowest BCUT2D eigenvalue weighted by Gasteiger charge is -2.61. The molecule has 7 nitrogen and oxygen atoms in total. The number of nitrogens with zero attached hydrogens (tertiary/aromatic N) is 5. The van der Waals surface area contributed by atoms with Crippen molar-refractivity contribution in [3.05, 3.63) is 23.9 Å². The van der Waals surface area contributed by atoms with Gasteiger partial charge in [-0.1, -0.05) is 0 Å². The molecule has 1 aliphatic heterocycles. The fourth-order valence-electron chi connectivity index (χ4n) is 7.78. The smallest absolute Gasteiger partial charge is 0.354 e. The van der Waals surface area contributed by atoms with Crippen LogP contribution in [0.15, 0.2) is 18.3 Å². The van der Waals surface area contributed by atoms with Crippen molar-refractivity contribution in [3.8, 4) is 6.19 Å². The zero-order valence-electron chi connectivity index (χ0n) is 21.1. The van der Waals surface area contributed by atoms with E-state index in [-0.39, 0.29) is 11.5 Å². The van der Waals surface area contributed by atoms with Crippen molar-refractivity contribution in [2.45, 2.75) is 63.7 Å². The van der Waals surface area contributed by atoms with Crippen LogP contribution in [0.1, 0.15) is 51.5 Å². The average molecular weight is 504 g/mol. The van der Waals surface area contributed by atoms with E-state index in [0.29, 0.717) is 55.6 Å². The Bertz CT molecular complexity index is 1010. The molecular weight excluding hydrogens is 467 g/mol. The molecule has 36 heavy (non-hydrogen) atoms. The van der Waals surface area contributed by atoms with Gasteiger partial charge in [0.2, 0.25) is 0 Å². The molecule has 5 fully saturated rings. The fraction of sp³-hybridized carbons (Fsp3) is 0.731. The Morgan fingerprint density at radius 2 is 1.81 bits per heavy atom. The third-order valence-electron chi connectivity index (χ3n) is 9.48. The number of amidine groups is 1. The number of pyridine rings is 1. The number of hydrogen-bond donors (Lipinski definition) is 2. The number of alkyl halides is 3. The normalized spacial score (nSPS) is 32.4. The second kappa shape index (κ2) is 8.88. The number of anilines is 1. The summed E-state index contributed by atoms with van der Waals surface area (Å²) in [5, 5.41) is 19.4. The summed E-state index contributed by atoms with van der Waals surface area (Å²) in [6, 6.07) is 2.57. The maximum Gasteiger partial charge on any atom is 0.417 e. The number of piperazine rings is 1. The van der Waals surface area contributed by atoms with Crippen molar-refractivity contribution in [3.63, 3.8) is 0 Å². The van der Waals surface area contributed by atoms with E-state index in [1.807, 2.05) is 18.7 Å². The minimum absolute atomic E-state index is 0.0793. The van der Waals surface area contributed by atoms with Gasteiger partial charge in [-0.3, -0.25) is 15.2 Å². The van der Waals surface area contributed by atoms with Gasteiger partial charge >= 0.3 is 6.18 Å². The molecule has 1 saturated heterocycles. The summed E-state index contributed by atoms with van der Waals surface area (Å²) in [6.07, 6.45) is 4.48. The van der Waals surface area contributed by atoms with Crippen molar-refractivity contribution in [1.29, 1.82) is 10.7 Å². The molecule has 196 valence electrons. The third-order valence-corrected chi connectivity index (χ3v) is 9.48. The minimum Gasteiger partial charge on any atom is -0.354 e. The van der Waals surface area contributed by atoms with E-state index in [2.05, 4.69) is 16.1 Å². The summed E-state index contributed by atoms with van der Waals surface area (Å²) in [5.41, 5.74) is 5.04. The molecule has 6 rings (SSSR count). The highest BCUT2D eigenvalue weighted by molar-refractivity contribution is 5.89. The second-order valence-corrected chi connectivity index (χ2v) is 11.9. The van der Waals surface area contributed by atoms with E-state index < -0.39 is 17.3 Å². The molecule has 5 aliphatic rings. The molecule has 0 spiro atoms. The minimum atomic E-state index is -4.40. The van der Waals surface area contributed by atoms with Crippen LogP contribution in [-0.2, 0) is 6.18 Å². The van der Waals surface area contributed by atoms with Crippen LogP contribution in [0.2, 0.25) is 0 Å². The summed E-state index contributed by atoms with van der Waals surface area (Å²) in [4.78, 5) is 9.92. The van der Waals surface area contributed by atoms with Crippen molar-refractivity contribution in [1.82, 2.24) is 14.8 Å². The predicted octanol–water partition coefficient (Wildman–Crippen LogP) is 3.91. The first kappa shape index (κ1) is 25.3. The van der Waals surface area contributed by atoms with Gasteiger partial charge in [-0.05, 0) is 87.8 Å². The topological polar surface area (TPSA) is 96.3 Å². The number of nitrogens with one attached hydrogen (secondary N) is 1. The Labute approximate surface area is 210 Å². The molecule has 0 amide bonds. The quantitative estimate of drug-likeness (QED) is 0.274. The van der Waals surface area contributed by atoms with Crippen LogP contribution in [0.25, 0.3) is 0 Å². The molecule has 1 aromatic rings. The molecule has 0 radical (unpaired) electrons. The first-order chi connectivity index (χ1) is 17.0. The van der Waals surface area contributed by atoms with E-state index in [1.54, 1.807) is 4.90 Å². The zero-order valence-corrected chi connectivity index (χ0v) is 21.1. The van der Waals surface area contributed by atoms with Gasteiger partial charge in [0.05, 0.1) is 17.1 Å². The largest absolute Gasteiger partial charge is 0.417 e. The highest BCUT2D eigenvalue weighted by Crippen LogP contribution is 2.60. The summed E-state index contributed by atoms with van der Waals surface area (Å²) in [7, 11) is 0. The molecule has 4 saturated carbocycles. The Kier molecular flexibility index (Phi) is 6.23. The van der Waals surface area contributed by atoms with Gasteiger partial charge in [-0.2, -0.15) is 18.4 Å². The number of nitrogens with two attached hydrogens (primary N) is 1. The zero-order chi connectivity index (χ0) is 25.9. The fourth-order valence-corrected chi connectivity index (χ4v) is 7.78. The van der Waals surface area contributed by atoms with Crippen LogP contribution in [-0.4, -0.2) is 64.9 Å². The molecule has 2 unspecified atom stereocenters. The van der Waals surface area contributed by atoms with E-state index in [9.17, 15) is 18.4 Å². The van der Waals surface area contributed by atoms with Gasteiger partial charge in [-0.15, -0.1) is 0 Å². The van der Waals surface area contributed by atoms with E-state index in [1.165, 1.54) is 12.5 Å².